The maximum atomic E-state index is 6.14. The Labute approximate surface area is 89.4 Å². The number of benzene rings is 1. The molecule has 0 aliphatic heterocycles. The molecule has 1 aromatic heterocycles. The Morgan fingerprint density at radius 2 is 2.21 bits per heavy atom. The maximum Gasteiger partial charge on any atom is 0.173 e. The lowest BCUT2D eigenvalue weighted by atomic mass is 10.0. The molecule has 0 atom stereocenters. The third kappa shape index (κ3) is 1.04. The largest absolute Gasteiger partial charge is 0.355 e. The van der Waals surface area contributed by atoms with E-state index in [0.29, 0.717) is 0 Å². The van der Waals surface area contributed by atoms with Gasteiger partial charge in [0, 0.05) is 11.1 Å². The maximum absolute atomic E-state index is 6.14. The molecule has 1 aliphatic rings. The van der Waals surface area contributed by atoms with Crippen molar-refractivity contribution in [1.29, 1.82) is 0 Å². The molecule has 0 radical (unpaired) electrons. The fourth-order valence-electron chi connectivity index (χ4n) is 1.73. The smallest absolute Gasteiger partial charge is 0.173 e. The SMILES string of the molecule is NC1(c2cccc3c(Br)noc23)CC1. The number of hydrogen-bond acceptors (Lipinski definition) is 3. The van der Waals surface area contributed by atoms with Crippen LogP contribution in [0.25, 0.3) is 11.0 Å². The van der Waals surface area contributed by atoms with E-state index in [9.17, 15) is 0 Å². The standard InChI is InChI=1S/C10H9BrN2O/c11-9-6-2-1-3-7(8(6)14-13-9)10(12)4-5-10/h1-3H,4-5,12H2. The average Bonchev–Trinajstić information content (AvgIpc) is 2.83. The van der Waals surface area contributed by atoms with Crippen LogP contribution in [-0.2, 0) is 5.54 Å². The van der Waals surface area contributed by atoms with Gasteiger partial charge in [-0.1, -0.05) is 17.3 Å². The van der Waals surface area contributed by atoms with E-state index < -0.39 is 0 Å². The van der Waals surface area contributed by atoms with E-state index in [1.807, 2.05) is 18.2 Å². The van der Waals surface area contributed by atoms with Crippen molar-refractivity contribution in [2.45, 2.75) is 18.4 Å². The van der Waals surface area contributed by atoms with Crippen LogP contribution in [0.2, 0.25) is 0 Å². The monoisotopic (exact) mass is 252 g/mol. The molecule has 1 saturated carbocycles. The van der Waals surface area contributed by atoms with Gasteiger partial charge >= 0.3 is 0 Å². The van der Waals surface area contributed by atoms with Gasteiger partial charge in [0.25, 0.3) is 0 Å². The first-order chi connectivity index (χ1) is 6.71. The first kappa shape index (κ1) is 8.44. The van der Waals surface area contributed by atoms with Gasteiger partial charge in [-0.3, -0.25) is 0 Å². The summed E-state index contributed by atoms with van der Waals surface area (Å²) in [6.45, 7) is 0. The topological polar surface area (TPSA) is 52.0 Å². The molecule has 1 aromatic carbocycles. The Bertz CT molecular complexity index is 502. The third-order valence-corrected chi connectivity index (χ3v) is 3.35. The van der Waals surface area contributed by atoms with Crippen LogP contribution in [-0.4, -0.2) is 5.16 Å². The molecule has 0 unspecified atom stereocenters. The molecule has 1 aliphatic carbocycles. The van der Waals surface area contributed by atoms with Crippen molar-refractivity contribution >= 4 is 26.9 Å². The van der Waals surface area contributed by atoms with Crippen molar-refractivity contribution < 1.29 is 4.52 Å². The van der Waals surface area contributed by atoms with E-state index in [4.69, 9.17) is 10.3 Å². The predicted octanol–water partition coefficient (Wildman–Crippen LogP) is 2.54. The third-order valence-electron chi connectivity index (χ3n) is 2.78. The molecule has 3 nitrogen and oxygen atoms in total. The summed E-state index contributed by atoms with van der Waals surface area (Å²) in [6.07, 6.45) is 2.06. The summed E-state index contributed by atoms with van der Waals surface area (Å²) >= 11 is 3.34. The van der Waals surface area contributed by atoms with Crippen LogP contribution in [0.15, 0.2) is 27.3 Å². The lowest BCUT2D eigenvalue weighted by Crippen LogP contribution is -2.18. The minimum Gasteiger partial charge on any atom is -0.355 e. The van der Waals surface area contributed by atoms with Crippen LogP contribution in [0.5, 0.6) is 0 Å². The summed E-state index contributed by atoms with van der Waals surface area (Å²) < 4.78 is 6.02. The normalized spacial score (nSPS) is 18.7. The second kappa shape index (κ2) is 2.58. The Balaban J connectivity index is 2.34. The van der Waals surface area contributed by atoms with Crippen LogP contribution in [0.4, 0.5) is 0 Å². The molecular formula is C10H9BrN2O. The second-order valence-electron chi connectivity index (χ2n) is 3.81. The fourth-order valence-corrected chi connectivity index (χ4v) is 2.11. The molecule has 1 heterocycles. The Kier molecular flexibility index (Phi) is 1.56. The molecule has 0 bridgehead atoms. The lowest BCUT2D eigenvalue weighted by molar-refractivity contribution is 0.446. The zero-order valence-electron chi connectivity index (χ0n) is 7.46. The Hall–Kier alpha value is -0.870. The summed E-state index contributed by atoms with van der Waals surface area (Å²) in [7, 11) is 0. The van der Waals surface area contributed by atoms with Gasteiger partial charge in [0.1, 0.15) is 0 Å². The molecule has 0 spiro atoms. The molecule has 4 heteroatoms. The van der Waals surface area contributed by atoms with Crippen molar-refractivity contribution in [3.8, 4) is 0 Å². The highest BCUT2D eigenvalue weighted by atomic mass is 79.9. The molecule has 3 rings (SSSR count). The van der Waals surface area contributed by atoms with Crippen LogP contribution >= 0.6 is 15.9 Å². The second-order valence-corrected chi connectivity index (χ2v) is 4.56. The van der Waals surface area contributed by atoms with E-state index in [0.717, 1.165) is 34.0 Å². The summed E-state index contributed by atoms with van der Waals surface area (Å²) in [6, 6.07) is 5.99. The Morgan fingerprint density at radius 1 is 1.43 bits per heavy atom. The number of para-hydroxylation sites is 1. The van der Waals surface area contributed by atoms with Gasteiger partial charge < -0.3 is 10.3 Å². The van der Waals surface area contributed by atoms with E-state index in [2.05, 4.69) is 21.1 Å². The van der Waals surface area contributed by atoms with Gasteiger partial charge in [0.15, 0.2) is 10.2 Å². The predicted molar refractivity (Wildman–Crippen MR) is 56.8 cm³/mol. The van der Waals surface area contributed by atoms with Crippen LogP contribution in [0, 0.1) is 0 Å². The van der Waals surface area contributed by atoms with Crippen molar-refractivity contribution in [2.24, 2.45) is 5.73 Å². The lowest BCUT2D eigenvalue weighted by Gasteiger charge is -2.07. The summed E-state index contributed by atoms with van der Waals surface area (Å²) in [5, 5.41) is 4.88. The van der Waals surface area contributed by atoms with Crippen LogP contribution in [0.3, 0.4) is 0 Å². The summed E-state index contributed by atoms with van der Waals surface area (Å²) in [4.78, 5) is 0. The zero-order chi connectivity index (χ0) is 9.76. The van der Waals surface area contributed by atoms with Crippen LogP contribution in [0.1, 0.15) is 18.4 Å². The van der Waals surface area contributed by atoms with E-state index in [1.165, 1.54) is 0 Å². The minimum absolute atomic E-state index is 0.168. The first-order valence-corrected chi connectivity index (χ1v) is 5.33. The zero-order valence-corrected chi connectivity index (χ0v) is 9.04. The molecule has 72 valence electrons. The van der Waals surface area contributed by atoms with Gasteiger partial charge in [0.05, 0.1) is 5.39 Å². The first-order valence-electron chi connectivity index (χ1n) is 4.54. The van der Waals surface area contributed by atoms with E-state index in [1.54, 1.807) is 0 Å². The van der Waals surface area contributed by atoms with Gasteiger partial charge in [-0.2, -0.15) is 0 Å². The number of rotatable bonds is 1. The average molecular weight is 253 g/mol. The van der Waals surface area contributed by atoms with Crippen molar-refractivity contribution in [3.05, 3.63) is 28.4 Å². The number of aromatic nitrogens is 1. The number of nitrogens with two attached hydrogens (primary N) is 1. The number of halogens is 1. The highest BCUT2D eigenvalue weighted by Gasteiger charge is 2.42. The molecule has 1 fully saturated rings. The molecule has 14 heavy (non-hydrogen) atoms. The summed E-state index contributed by atoms with van der Waals surface area (Å²) in [5.74, 6) is 0. The number of nitrogens with zero attached hydrogens (tertiary/aromatic N) is 1. The molecule has 0 saturated heterocycles. The van der Waals surface area contributed by atoms with Crippen molar-refractivity contribution in [3.63, 3.8) is 0 Å². The Morgan fingerprint density at radius 3 is 2.93 bits per heavy atom. The molecule has 2 aromatic rings. The van der Waals surface area contributed by atoms with Crippen molar-refractivity contribution in [2.75, 3.05) is 0 Å². The highest BCUT2D eigenvalue weighted by molar-refractivity contribution is 9.10. The highest BCUT2D eigenvalue weighted by Crippen LogP contribution is 2.45. The van der Waals surface area contributed by atoms with E-state index >= 15 is 0 Å². The number of fused-ring (bicyclic) bond motifs is 1. The van der Waals surface area contributed by atoms with Gasteiger partial charge in [-0.25, -0.2) is 0 Å². The molecular weight excluding hydrogens is 244 g/mol. The minimum atomic E-state index is -0.168. The van der Waals surface area contributed by atoms with E-state index in [-0.39, 0.29) is 5.54 Å². The van der Waals surface area contributed by atoms with Gasteiger partial charge in [0.2, 0.25) is 0 Å². The van der Waals surface area contributed by atoms with Gasteiger partial charge in [-0.05, 0) is 34.8 Å². The molecule has 0 amide bonds. The quantitative estimate of drug-likeness (QED) is 0.849. The van der Waals surface area contributed by atoms with Crippen LogP contribution < -0.4 is 5.73 Å². The molecule has 2 N–H and O–H groups in total. The fraction of sp³-hybridized carbons (Fsp3) is 0.300. The van der Waals surface area contributed by atoms with Crippen molar-refractivity contribution in [1.82, 2.24) is 5.16 Å². The summed E-state index contributed by atoms with van der Waals surface area (Å²) in [5.41, 5.74) is 7.87. The van der Waals surface area contributed by atoms with Gasteiger partial charge in [-0.15, -0.1) is 0 Å². The number of hydrogen-bond donors (Lipinski definition) is 1.